The summed E-state index contributed by atoms with van der Waals surface area (Å²) in [5.74, 6) is 1.82. The normalized spacial score (nSPS) is 19.1. The number of hydrogen-bond donors (Lipinski definition) is 1. The summed E-state index contributed by atoms with van der Waals surface area (Å²) in [5.41, 5.74) is 9.65. The molecule has 0 radical (unpaired) electrons. The lowest BCUT2D eigenvalue weighted by Crippen LogP contribution is -2.18. The summed E-state index contributed by atoms with van der Waals surface area (Å²) in [6, 6.07) is 2.18. The van der Waals surface area contributed by atoms with Crippen LogP contribution in [0.3, 0.4) is 0 Å². The molecule has 0 saturated carbocycles. The van der Waals surface area contributed by atoms with Gasteiger partial charge < -0.3 is 15.2 Å². The van der Waals surface area contributed by atoms with Gasteiger partial charge in [0.05, 0.1) is 14.2 Å². The van der Waals surface area contributed by atoms with Gasteiger partial charge in [-0.3, -0.25) is 0 Å². The fraction of sp³-hybridized carbons (Fsp3) is 0.538. The van der Waals surface area contributed by atoms with E-state index in [2.05, 4.69) is 6.07 Å². The Hall–Kier alpha value is -1.22. The molecular weight excluding hydrogens is 202 g/mol. The summed E-state index contributed by atoms with van der Waals surface area (Å²) in [7, 11) is 3.39. The molecule has 3 heteroatoms. The van der Waals surface area contributed by atoms with Gasteiger partial charge in [-0.2, -0.15) is 0 Å². The summed E-state index contributed by atoms with van der Waals surface area (Å²) in [6.45, 7) is 2.03. The van der Waals surface area contributed by atoms with Gasteiger partial charge >= 0.3 is 0 Å². The molecule has 0 amide bonds. The number of benzene rings is 1. The average Bonchev–Trinajstić information content (AvgIpc) is 2.29. The highest BCUT2D eigenvalue weighted by Gasteiger charge is 2.23. The summed E-state index contributed by atoms with van der Waals surface area (Å²) < 4.78 is 10.9. The van der Waals surface area contributed by atoms with E-state index in [1.807, 2.05) is 6.92 Å². The summed E-state index contributed by atoms with van der Waals surface area (Å²) in [4.78, 5) is 0. The van der Waals surface area contributed by atoms with Crippen LogP contribution in [0.2, 0.25) is 0 Å². The molecule has 0 heterocycles. The van der Waals surface area contributed by atoms with Crippen molar-refractivity contribution in [1.82, 2.24) is 0 Å². The fourth-order valence-electron chi connectivity index (χ4n) is 2.54. The number of fused-ring (bicyclic) bond motifs is 1. The van der Waals surface area contributed by atoms with Crippen LogP contribution in [0.4, 0.5) is 0 Å². The van der Waals surface area contributed by atoms with Crippen LogP contribution in [-0.4, -0.2) is 14.2 Å². The largest absolute Gasteiger partial charge is 0.496 e. The maximum atomic E-state index is 6.13. The molecule has 2 rings (SSSR count). The molecule has 0 bridgehead atoms. The predicted octanol–water partition coefficient (Wildman–Crippen LogP) is 2.35. The third-order valence-electron chi connectivity index (χ3n) is 3.38. The molecule has 1 atom stereocenters. The van der Waals surface area contributed by atoms with E-state index in [9.17, 15) is 0 Å². The standard InChI is InChI=1S/C13H19NO2/c1-8-12(15-2)7-10-9(13(8)16-3)5-4-6-11(10)14/h7,11H,4-6,14H2,1-3H3. The minimum atomic E-state index is 0.118. The number of rotatable bonds is 2. The van der Waals surface area contributed by atoms with Crippen LogP contribution in [0.1, 0.15) is 35.6 Å². The second-order valence-electron chi connectivity index (χ2n) is 4.30. The maximum absolute atomic E-state index is 6.13. The van der Waals surface area contributed by atoms with E-state index in [0.29, 0.717) is 0 Å². The molecule has 0 saturated heterocycles. The van der Waals surface area contributed by atoms with E-state index in [1.165, 1.54) is 11.1 Å². The SMILES string of the molecule is COc1cc2c(c(OC)c1C)CCCC2N. The quantitative estimate of drug-likeness (QED) is 0.833. The Labute approximate surface area is 96.5 Å². The number of hydrogen-bond acceptors (Lipinski definition) is 3. The van der Waals surface area contributed by atoms with Crippen LogP contribution in [-0.2, 0) is 6.42 Å². The Morgan fingerprint density at radius 3 is 2.69 bits per heavy atom. The zero-order chi connectivity index (χ0) is 11.7. The van der Waals surface area contributed by atoms with Gasteiger partial charge in [-0.25, -0.2) is 0 Å². The molecule has 1 aliphatic carbocycles. The van der Waals surface area contributed by atoms with Crippen LogP contribution < -0.4 is 15.2 Å². The minimum Gasteiger partial charge on any atom is -0.496 e. The van der Waals surface area contributed by atoms with Gasteiger partial charge in [0.25, 0.3) is 0 Å². The van der Waals surface area contributed by atoms with E-state index in [-0.39, 0.29) is 6.04 Å². The van der Waals surface area contributed by atoms with Crippen molar-refractivity contribution in [2.45, 2.75) is 32.2 Å². The molecule has 1 unspecified atom stereocenters. The third kappa shape index (κ3) is 1.65. The van der Waals surface area contributed by atoms with E-state index < -0.39 is 0 Å². The smallest absolute Gasteiger partial charge is 0.128 e. The van der Waals surface area contributed by atoms with E-state index >= 15 is 0 Å². The molecule has 1 aromatic rings. The van der Waals surface area contributed by atoms with Gasteiger partial charge in [0.15, 0.2) is 0 Å². The van der Waals surface area contributed by atoms with Gasteiger partial charge in [0, 0.05) is 11.6 Å². The lowest BCUT2D eigenvalue weighted by Gasteiger charge is -2.26. The number of ether oxygens (including phenoxy) is 2. The maximum Gasteiger partial charge on any atom is 0.128 e. The lowest BCUT2D eigenvalue weighted by molar-refractivity contribution is 0.379. The van der Waals surface area contributed by atoms with Crippen LogP contribution in [0.5, 0.6) is 11.5 Å². The molecule has 16 heavy (non-hydrogen) atoms. The molecule has 3 nitrogen and oxygen atoms in total. The highest BCUT2D eigenvalue weighted by Crippen LogP contribution is 2.40. The van der Waals surface area contributed by atoms with Crippen molar-refractivity contribution in [3.63, 3.8) is 0 Å². The zero-order valence-electron chi connectivity index (χ0n) is 10.2. The van der Waals surface area contributed by atoms with Crippen molar-refractivity contribution < 1.29 is 9.47 Å². The first-order chi connectivity index (χ1) is 7.69. The van der Waals surface area contributed by atoms with Gasteiger partial charge in [0.1, 0.15) is 11.5 Å². The van der Waals surface area contributed by atoms with Crippen LogP contribution in [0.15, 0.2) is 6.07 Å². The van der Waals surface area contributed by atoms with Gasteiger partial charge in [-0.15, -0.1) is 0 Å². The zero-order valence-corrected chi connectivity index (χ0v) is 10.2. The monoisotopic (exact) mass is 221 g/mol. The molecule has 88 valence electrons. The van der Waals surface area contributed by atoms with Crippen molar-refractivity contribution in [2.75, 3.05) is 14.2 Å². The van der Waals surface area contributed by atoms with Gasteiger partial charge in [-0.1, -0.05) is 0 Å². The Morgan fingerprint density at radius 1 is 1.31 bits per heavy atom. The number of methoxy groups -OCH3 is 2. The lowest BCUT2D eigenvalue weighted by atomic mass is 9.86. The highest BCUT2D eigenvalue weighted by molar-refractivity contribution is 5.55. The number of nitrogens with two attached hydrogens (primary N) is 1. The second kappa shape index (κ2) is 4.34. The second-order valence-corrected chi connectivity index (χ2v) is 4.30. The minimum absolute atomic E-state index is 0.118. The van der Waals surface area contributed by atoms with E-state index in [0.717, 1.165) is 36.3 Å². The van der Waals surface area contributed by atoms with E-state index in [4.69, 9.17) is 15.2 Å². The van der Waals surface area contributed by atoms with Gasteiger partial charge in [-0.05, 0) is 43.4 Å². The van der Waals surface area contributed by atoms with Gasteiger partial charge in [0.2, 0.25) is 0 Å². The molecular formula is C13H19NO2. The van der Waals surface area contributed by atoms with Crippen molar-refractivity contribution >= 4 is 0 Å². The summed E-state index contributed by atoms with van der Waals surface area (Å²) in [6.07, 6.45) is 3.23. The summed E-state index contributed by atoms with van der Waals surface area (Å²) in [5, 5.41) is 0. The van der Waals surface area contributed by atoms with Crippen molar-refractivity contribution in [3.8, 4) is 11.5 Å². The van der Waals surface area contributed by atoms with Crippen molar-refractivity contribution in [1.29, 1.82) is 0 Å². The van der Waals surface area contributed by atoms with Crippen LogP contribution >= 0.6 is 0 Å². The predicted molar refractivity (Wildman–Crippen MR) is 64.1 cm³/mol. The molecule has 0 spiro atoms. The Balaban J connectivity index is 2.62. The first-order valence-corrected chi connectivity index (χ1v) is 5.69. The van der Waals surface area contributed by atoms with Crippen molar-refractivity contribution in [2.24, 2.45) is 5.73 Å². The molecule has 0 aliphatic heterocycles. The fourth-order valence-corrected chi connectivity index (χ4v) is 2.54. The Morgan fingerprint density at radius 2 is 2.06 bits per heavy atom. The van der Waals surface area contributed by atoms with Crippen LogP contribution in [0.25, 0.3) is 0 Å². The molecule has 1 aliphatic rings. The average molecular weight is 221 g/mol. The first kappa shape index (κ1) is 11.3. The van der Waals surface area contributed by atoms with E-state index in [1.54, 1.807) is 14.2 Å². The Bertz CT molecular complexity index is 401. The molecule has 0 fully saturated rings. The van der Waals surface area contributed by atoms with Crippen LogP contribution in [0, 0.1) is 6.92 Å². The molecule has 2 N–H and O–H groups in total. The topological polar surface area (TPSA) is 44.5 Å². The van der Waals surface area contributed by atoms with Crippen molar-refractivity contribution in [3.05, 3.63) is 22.8 Å². The molecule has 0 aromatic heterocycles. The Kier molecular flexibility index (Phi) is 3.06. The first-order valence-electron chi connectivity index (χ1n) is 5.69. The third-order valence-corrected chi connectivity index (χ3v) is 3.38. The highest BCUT2D eigenvalue weighted by atomic mass is 16.5. The summed E-state index contributed by atoms with van der Waals surface area (Å²) >= 11 is 0. The molecule has 1 aromatic carbocycles.